The molecular formula is C13H17NO3S. The predicted molar refractivity (Wildman–Crippen MR) is 71.6 cm³/mol. The van der Waals surface area contributed by atoms with E-state index in [0.29, 0.717) is 18.7 Å². The minimum Gasteiger partial charge on any atom is -0.497 e. The molecule has 1 unspecified atom stereocenters. The number of carbonyl (C=O) groups excluding carboxylic acids is 1. The van der Waals surface area contributed by atoms with Crippen LogP contribution in [0.15, 0.2) is 24.3 Å². The number of methoxy groups -OCH3 is 1. The summed E-state index contributed by atoms with van der Waals surface area (Å²) in [6.07, 6.45) is 0.618. The highest BCUT2D eigenvalue weighted by atomic mass is 32.2. The van der Waals surface area contributed by atoms with E-state index in [1.54, 1.807) is 18.9 Å². The number of nitrogens with zero attached hydrogens (tertiary/aromatic N) is 1. The third-order valence-electron chi connectivity index (χ3n) is 2.90. The summed E-state index contributed by atoms with van der Waals surface area (Å²) in [4.78, 5) is 13.6. The number of rotatable bonds is 5. The summed E-state index contributed by atoms with van der Waals surface area (Å²) in [5.41, 5.74) is 1.07. The molecule has 1 saturated heterocycles. The topological polar surface area (TPSA) is 49.8 Å². The summed E-state index contributed by atoms with van der Waals surface area (Å²) in [5, 5.41) is 8.93. The zero-order chi connectivity index (χ0) is 13.0. The fourth-order valence-corrected chi connectivity index (χ4v) is 3.22. The molecule has 0 radical (unpaired) electrons. The van der Waals surface area contributed by atoms with Crippen molar-refractivity contribution >= 4 is 17.7 Å². The molecule has 1 aliphatic rings. The molecule has 1 N–H and O–H groups in total. The van der Waals surface area contributed by atoms with E-state index in [2.05, 4.69) is 0 Å². The summed E-state index contributed by atoms with van der Waals surface area (Å²) in [5.74, 6) is 1.45. The van der Waals surface area contributed by atoms with E-state index < -0.39 is 0 Å². The third-order valence-corrected chi connectivity index (χ3v) is 4.16. The maximum Gasteiger partial charge on any atom is 0.233 e. The van der Waals surface area contributed by atoms with E-state index in [-0.39, 0.29) is 17.9 Å². The highest BCUT2D eigenvalue weighted by Crippen LogP contribution is 2.39. The first-order chi connectivity index (χ1) is 8.76. The Morgan fingerprint density at radius 2 is 2.39 bits per heavy atom. The Labute approximate surface area is 111 Å². The Morgan fingerprint density at radius 1 is 1.56 bits per heavy atom. The van der Waals surface area contributed by atoms with Gasteiger partial charge >= 0.3 is 0 Å². The molecule has 1 aromatic rings. The van der Waals surface area contributed by atoms with Gasteiger partial charge in [-0.3, -0.25) is 4.79 Å². The van der Waals surface area contributed by atoms with Gasteiger partial charge in [-0.1, -0.05) is 12.1 Å². The van der Waals surface area contributed by atoms with Crippen LogP contribution in [-0.4, -0.2) is 41.9 Å². The standard InChI is InChI=1S/C13H17NO3S/c1-17-11-5-2-4-10(8-11)13-14(6-3-7-15)12(16)9-18-13/h2,4-5,8,13,15H,3,6-7,9H2,1H3. The zero-order valence-corrected chi connectivity index (χ0v) is 11.2. The predicted octanol–water partition coefficient (Wildman–Crippen LogP) is 1.65. The van der Waals surface area contributed by atoms with Gasteiger partial charge in [-0.2, -0.15) is 0 Å². The highest BCUT2D eigenvalue weighted by Gasteiger charge is 2.32. The Hall–Kier alpha value is -1.20. The Balaban J connectivity index is 2.17. The van der Waals surface area contributed by atoms with Gasteiger partial charge in [0.1, 0.15) is 11.1 Å². The number of hydrogen-bond donors (Lipinski definition) is 1. The smallest absolute Gasteiger partial charge is 0.233 e. The SMILES string of the molecule is COc1cccc(C2SCC(=O)N2CCCO)c1. The molecule has 5 heteroatoms. The second-order valence-electron chi connectivity index (χ2n) is 4.10. The number of benzene rings is 1. The van der Waals surface area contributed by atoms with Gasteiger partial charge < -0.3 is 14.7 Å². The largest absolute Gasteiger partial charge is 0.497 e. The average Bonchev–Trinajstić information content (AvgIpc) is 2.77. The Bertz CT molecular complexity index is 424. The van der Waals surface area contributed by atoms with Crippen LogP contribution in [0, 0.1) is 0 Å². The van der Waals surface area contributed by atoms with Gasteiger partial charge in [0.25, 0.3) is 0 Å². The molecule has 0 saturated carbocycles. The fourth-order valence-electron chi connectivity index (χ4n) is 2.01. The van der Waals surface area contributed by atoms with E-state index in [0.717, 1.165) is 11.3 Å². The maximum atomic E-state index is 11.8. The van der Waals surface area contributed by atoms with Crippen LogP contribution < -0.4 is 4.74 Å². The van der Waals surface area contributed by atoms with Gasteiger partial charge in [-0.05, 0) is 24.1 Å². The molecule has 1 amide bonds. The quantitative estimate of drug-likeness (QED) is 0.881. The minimum atomic E-state index is 0.0409. The molecule has 1 atom stereocenters. The molecule has 2 rings (SSSR count). The normalized spacial score (nSPS) is 19.3. The summed E-state index contributed by atoms with van der Waals surface area (Å²) < 4.78 is 5.20. The van der Waals surface area contributed by atoms with Crippen LogP contribution in [0.25, 0.3) is 0 Å². The minimum absolute atomic E-state index is 0.0409. The number of amides is 1. The van der Waals surface area contributed by atoms with Crippen molar-refractivity contribution in [2.24, 2.45) is 0 Å². The lowest BCUT2D eigenvalue weighted by Crippen LogP contribution is -2.29. The highest BCUT2D eigenvalue weighted by molar-refractivity contribution is 8.00. The molecule has 1 heterocycles. The molecule has 4 nitrogen and oxygen atoms in total. The second-order valence-corrected chi connectivity index (χ2v) is 5.17. The molecule has 1 fully saturated rings. The van der Waals surface area contributed by atoms with Crippen molar-refractivity contribution in [3.05, 3.63) is 29.8 Å². The summed E-state index contributed by atoms with van der Waals surface area (Å²) in [6.45, 7) is 0.712. The average molecular weight is 267 g/mol. The first kappa shape index (κ1) is 13.2. The van der Waals surface area contributed by atoms with Gasteiger partial charge in [0.15, 0.2) is 0 Å². The van der Waals surface area contributed by atoms with E-state index in [1.807, 2.05) is 29.2 Å². The molecule has 1 aliphatic heterocycles. The van der Waals surface area contributed by atoms with Crippen molar-refractivity contribution in [3.63, 3.8) is 0 Å². The number of hydrogen-bond acceptors (Lipinski definition) is 4. The van der Waals surface area contributed by atoms with Crippen LogP contribution in [-0.2, 0) is 4.79 Å². The first-order valence-corrected chi connectivity index (χ1v) is 6.97. The van der Waals surface area contributed by atoms with Crippen molar-refractivity contribution in [2.45, 2.75) is 11.8 Å². The van der Waals surface area contributed by atoms with Gasteiger partial charge in [0, 0.05) is 13.2 Å². The summed E-state index contributed by atoms with van der Waals surface area (Å²) in [7, 11) is 1.63. The molecule has 0 aliphatic carbocycles. The molecule has 98 valence electrons. The number of carbonyl (C=O) groups is 1. The second kappa shape index (κ2) is 6.11. The van der Waals surface area contributed by atoms with Crippen LogP contribution in [0.3, 0.4) is 0 Å². The summed E-state index contributed by atoms with van der Waals surface area (Å²) in [6, 6.07) is 7.79. The number of aliphatic hydroxyl groups excluding tert-OH is 1. The van der Waals surface area contributed by atoms with Crippen LogP contribution in [0.5, 0.6) is 5.75 Å². The Morgan fingerprint density at radius 3 is 3.11 bits per heavy atom. The number of thioether (sulfide) groups is 1. The lowest BCUT2D eigenvalue weighted by atomic mass is 10.2. The maximum absolute atomic E-state index is 11.8. The van der Waals surface area contributed by atoms with Crippen molar-refractivity contribution in [1.82, 2.24) is 4.90 Å². The zero-order valence-electron chi connectivity index (χ0n) is 10.3. The van der Waals surface area contributed by atoms with E-state index in [9.17, 15) is 4.79 Å². The Kier molecular flexibility index (Phi) is 4.49. The van der Waals surface area contributed by atoms with E-state index in [1.165, 1.54) is 0 Å². The van der Waals surface area contributed by atoms with E-state index in [4.69, 9.17) is 9.84 Å². The van der Waals surface area contributed by atoms with Crippen LogP contribution >= 0.6 is 11.8 Å². The summed E-state index contributed by atoms with van der Waals surface area (Å²) >= 11 is 1.62. The number of aliphatic hydroxyl groups is 1. The first-order valence-electron chi connectivity index (χ1n) is 5.92. The van der Waals surface area contributed by atoms with Gasteiger partial charge in [-0.15, -0.1) is 11.8 Å². The van der Waals surface area contributed by atoms with Crippen LogP contribution in [0.1, 0.15) is 17.4 Å². The fraction of sp³-hybridized carbons (Fsp3) is 0.462. The number of ether oxygens (including phenoxy) is 1. The molecule has 1 aromatic carbocycles. The van der Waals surface area contributed by atoms with E-state index >= 15 is 0 Å². The molecule has 0 aromatic heterocycles. The third kappa shape index (κ3) is 2.79. The van der Waals surface area contributed by atoms with Crippen LogP contribution in [0.4, 0.5) is 0 Å². The lowest BCUT2D eigenvalue weighted by molar-refractivity contribution is -0.128. The molecular weight excluding hydrogens is 250 g/mol. The molecule has 0 bridgehead atoms. The van der Waals surface area contributed by atoms with Gasteiger partial charge in [-0.25, -0.2) is 0 Å². The van der Waals surface area contributed by atoms with Crippen molar-refractivity contribution in [3.8, 4) is 5.75 Å². The van der Waals surface area contributed by atoms with Gasteiger partial charge in [0.05, 0.1) is 12.9 Å². The van der Waals surface area contributed by atoms with Crippen molar-refractivity contribution < 1.29 is 14.6 Å². The van der Waals surface area contributed by atoms with Crippen molar-refractivity contribution in [1.29, 1.82) is 0 Å². The molecule has 0 spiro atoms. The van der Waals surface area contributed by atoms with Crippen molar-refractivity contribution in [2.75, 3.05) is 26.0 Å². The molecule has 18 heavy (non-hydrogen) atoms. The van der Waals surface area contributed by atoms with Gasteiger partial charge in [0.2, 0.25) is 5.91 Å². The monoisotopic (exact) mass is 267 g/mol. The van der Waals surface area contributed by atoms with Crippen LogP contribution in [0.2, 0.25) is 0 Å². The lowest BCUT2D eigenvalue weighted by Gasteiger charge is -2.24.